The number of amides is 1. The van der Waals surface area contributed by atoms with Crippen LogP contribution in [0.25, 0.3) is 0 Å². The van der Waals surface area contributed by atoms with Crippen molar-refractivity contribution < 1.29 is 27.1 Å². The first kappa shape index (κ1) is 17.7. The van der Waals surface area contributed by atoms with Gasteiger partial charge in [0.25, 0.3) is 5.91 Å². The Bertz CT molecular complexity index is 737. The zero-order valence-electron chi connectivity index (χ0n) is 12.3. The normalized spacial score (nSPS) is 19.3. The lowest BCUT2D eigenvalue weighted by Gasteiger charge is -2.23. The predicted molar refractivity (Wildman–Crippen MR) is 81.5 cm³/mol. The fourth-order valence-electron chi connectivity index (χ4n) is 2.25. The molecule has 6 nitrogen and oxygen atoms in total. The van der Waals surface area contributed by atoms with Gasteiger partial charge in [0, 0.05) is 18.1 Å². The van der Waals surface area contributed by atoms with Gasteiger partial charge in [-0.1, -0.05) is 11.6 Å². The van der Waals surface area contributed by atoms with Crippen molar-refractivity contribution in [3.05, 3.63) is 34.6 Å². The van der Waals surface area contributed by atoms with Crippen LogP contribution in [0.1, 0.15) is 16.8 Å². The summed E-state index contributed by atoms with van der Waals surface area (Å²) in [5, 5.41) is 0.136. The number of hydrogen-bond donors (Lipinski definition) is 0. The summed E-state index contributed by atoms with van der Waals surface area (Å²) in [4.78, 5) is 25.0. The maximum Gasteiger partial charge on any atom is 0.341 e. The lowest BCUT2D eigenvalue weighted by molar-refractivity contribution is -0.134. The number of nitrogens with zero attached hydrogens (tertiary/aromatic N) is 1. The molecule has 0 N–H and O–H groups in total. The molecule has 1 aromatic rings. The number of hydrogen-bond acceptors (Lipinski definition) is 5. The highest BCUT2D eigenvalue weighted by Crippen LogP contribution is 2.17. The van der Waals surface area contributed by atoms with Gasteiger partial charge in [0.1, 0.15) is 5.82 Å². The van der Waals surface area contributed by atoms with Crippen molar-refractivity contribution in [3.63, 3.8) is 0 Å². The van der Waals surface area contributed by atoms with Gasteiger partial charge in [-0.2, -0.15) is 0 Å². The first-order valence-electron chi connectivity index (χ1n) is 6.78. The summed E-state index contributed by atoms with van der Waals surface area (Å²) in [5.74, 6) is -2.44. The van der Waals surface area contributed by atoms with E-state index in [2.05, 4.69) is 0 Å². The van der Waals surface area contributed by atoms with E-state index < -0.39 is 40.2 Å². The maximum absolute atomic E-state index is 13.6. The Morgan fingerprint density at radius 3 is 2.70 bits per heavy atom. The highest BCUT2D eigenvalue weighted by atomic mass is 35.5. The van der Waals surface area contributed by atoms with Crippen LogP contribution < -0.4 is 0 Å². The Labute approximate surface area is 138 Å². The quantitative estimate of drug-likeness (QED) is 0.753. The maximum atomic E-state index is 13.6. The minimum Gasteiger partial charge on any atom is -0.452 e. The molecule has 0 aromatic heterocycles. The third-order valence-corrected chi connectivity index (χ3v) is 5.61. The molecule has 0 saturated carbocycles. The van der Waals surface area contributed by atoms with Crippen LogP contribution in [0.15, 0.2) is 18.2 Å². The molecule has 1 heterocycles. The standard InChI is InChI=1S/C14H15ClFNO5S/c1-17(10-4-5-23(20,21)8-10)13(18)7-22-14(19)11-3-2-9(15)6-12(11)16/h2-3,6,10H,4-5,7-8H2,1H3/t10-/m1/s1. The lowest BCUT2D eigenvalue weighted by Crippen LogP contribution is -2.40. The number of likely N-dealkylation sites (N-methyl/N-ethyl adjacent to an activating group) is 1. The van der Waals surface area contributed by atoms with Gasteiger partial charge in [0.05, 0.1) is 17.1 Å². The van der Waals surface area contributed by atoms with Crippen LogP contribution in [0.4, 0.5) is 4.39 Å². The third-order valence-electron chi connectivity index (χ3n) is 3.63. The first-order chi connectivity index (χ1) is 10.7. The van der Waals surface area contributed by atoms with Gasteiger partial charge in [-0.15, -0.1) is 0 Å². The van der Waals surface area contributed by atoms with Crippen molar-refractivity contribution in [2.75, 3.05) is 25.2 Å². The Kier molecular flexibility index (Phi) is 5.26. The van der Waals surface area contributed by atoms with Crippen molar-refractivity contribution in [2.24, 2.45) is 0 Å². The molecule has 0 spiro atoms. The molecule has 1 aromatic carbocycles. The monoisotopic (exact) mass is 363 g/mol. The molecule has 1 saturated heterocycles. The van der Waals surface area contributed by atoms with Crippen molar-refractivity contribution in [1.82, 2.24) is 4.90 Å². The van der Waals surface area contributed by atoms with Crippen molar-refractivity contribution in [3.8, 4) is 0 Å². The number of sulfone groups is 1. The number of benzene rings is 1. The number of halogens is 2. The number of ether oxygens (including phenoxy) is 1. The van der Waals surface area contributed by atoms with Gasteiger partial charge in [0.15, 0.2) is 16.4 Å². The van der Waals surface area contributed by atoms with E-state index in [4.69, 9.17) is 16.3 Å². The van der Waals surface area contributed by atoms with Crippen LogP contribution in [0.5, 0.6) is 0 Å². The largest absolute Gasteiger partial charge is 0.452 e. The summed E-state index contributed by atoms with van der Waals surface area (Å²) in [5.41, 5.74) is -0.326. The van der Waals surface area contributed by atoms with E-state index in [0.29, 0.717) is 6.42 Å². The summed E-state index contributed by atoms with van der Waals surface area (Å²) in [6, 6.07) is 3.03. The predicted octanol–water partition coefficient (Wildman–Crippen LogP) is 1.28. The average Bonchev–Trinajstić information content (AvgIpc) is 2.83. The molecular weight excluding hydrogens is 349 g/mol. The summed E-state index contributed by atoms with van der Waals surface area (Å²) >= 11 is 5.58. The highest BCUT2D eigenvalue weighted by Gasteiger charge is 2.33. The second-order valence-electron chi connectivity index (χ2n) is 5.26. The zero-order valence-corrected chi connectivity index (χ0v) is 13.9. The molecule has 9 heteroatoms. The molecule has 2 rings (SSSR count). The lowest BCUT2D eigenvalue weighted by atomic mass is 10.2. The van der Waals surface area contributed by atoms with E-state index in [1.807, 2.05) is 0 Å². The van der Waals surface area contributed by atoms with E-state index >= 15 is 0 Å². The smallest absolute Gasteiger partial charge is 0.341 e. The first-order valence-corrected chi connectivity index (χ1v) is 8.98. The molecular formula is C14H15ClFNO5S. The molecule has 23 heavy (non-hydrogen) atoms. The van der Waals surface area contributed by atoms with E-state index in [1.165, 1.54) is 18.0 Å². The minimum absolute atomic E-state index is 0.0328. The Hall–Kier alpha value is -1.67. The summed E-state index contributed by atoms with van der Waals surface area (Å²) < 4.78 is 41.2. The Balaban J connectivity index is 1.92. The van der Waals surface area contributed by atoms with E-state index in [-0.39, 0.29) is 22.1 Å². The zero-order chi connectivity index (χ0) is 17.2. The number of rotatable bonds is 4. The van der Waals surface area contributed by atoms with Crippen molar-refractivity contribution in [2.45, 2.75) is 12.5 Å². The number of carbonyl (C=O) groups excluding carboxylic acids is 2. The number of esters is 1. The van der Waals surface area contributed by atoms with Gasteiger partial charge < -0.3 is 9.64 Å². The van der Waals surface area contributed by atoms with E-state index in [9.17, 15) is 22.4 Å². The van der Waals surface area contributed by atoms with E-state index in [0.717, 1.165) is 12.1 Å². The third kappa shape index (κ3) is 4.42. The fourth-order valence-corrected chi connectivity index (χ4v) is 4.18. The molecule has 1 aliphatic heterocycles. The Morgan fingerprint density at radius 1 is 1.43 bits per heavy atom. The second-order valence-corrected chi connectivity index (χ2v) is 7.93. The number of carbonyl (C=O) groups is 2. The molecule has 1 atom stereocenters. The molecule has 1 fully saturated rings. The fraction of sp³-hybridized carbons (Fsp3) is 0.429. The van der Waals surface area contributed by atoms with Crippen molar-refractivity contribution >= 4 is 33.3 Å². The average molecular weight is 364 g/mol. The molecule has 0 radical (unpaired) electrons. The second kappa shape index (κ2) is 6.84. The van der Waals surface area contributed by atoms with Gasteiger partial charge in [-0.3, -0.25) is 4.79 Å². The van der Waals surface area contributed by atoms with Gasteiger partial charge >= 0.3 is 5.97 Å². The minimum atomic E-state index is -3.12. The van der Waals surface area contributed by atoms with E-state index in [1.54, 1.807) is 0 Å². The Morgan fingerprint density at radius 2 is 2.13 bits per heavy atom. The SMILES string of the molecule is CN(C(=O)COC(=O)c1ccc(Cl)cc1F)[C@@H]1CCS(=O)(=O)C1. The summed E-state index contributed by atoms with van der Waals surface area (Å²) in [7, 11) is -1.67. The molecule has 0 unspecified atom stereocenters. The molecule has 1 amide bonds. The van der Waals surface area contributed by atoms with Crippen molar-refractivity contribution in [1.29, 1.82) is 0 Å². The van der Waals surface area contributed by atoms with Gasteiger partial charge in [-0.25, -0.2) is 17.6 Å². The summed E-state index contributed by atoms with van der Waals surface area (Å²) in [6.45, 7) is -0.589. The topological polar surface area (TPSA) is 80.8 Å². The molecule has 0 aliphatic carbocycles. The van der Waals surface area contributed by atoms with Crippen LogP contribution >= 0.6 is 11.6 Å². The van der Waals surface area contributed by atoms with Crippen LogP contribution in [0, 0.1) is 5.82 Å². The van der Waals surface area contributed by atoms with Crippen LogP contribution in [0.3, 0.4) is 0 Å². The highest BCUT2D eigenvalue weighted by molar-refractivity contribution is 7.91. The van der Waals surface area contributed by atoms with Crippen LogP contribution in [-0.2, 0) is 19.4 Å². The summed E-state index contributed by atoms with van der Waals surface area (Å²) in [6.07, 6.45) is 0.352. The molecule has 1 aliphatic rings. The van der Waals surface area contributed by atoms with Crippen LogP contribution in [-0.4, -0.2) is 56.4 Å². The molecule has 0 bridgehead atoms. The van der Waals surface area contributed by atoms with Gasteiger partial charge in [0.2, 0.25) is 0 Å². The molecule has 126 valence electrons. The van der Waals surface area contributed by atoms with Crippen LogP contribution in [0.2, 0.25) is 5.02 Å². The van der Waals surface area contributed by atoms with Gasteiger partial charge in [-0.05, 0) is 24.6 Å².